The minimum Gasteiger partial charge on any atom is -0.394 e. The lowest BCUT2D eigenvalue weighted by Crippen LogP contribution is -2.23. The number of benzene rings is 3. The van der Waals surface area contributed by atoms with E-state index in [1.807, 2.05) is 0 Å². The van der Waals surface area contributed by atoms with E-state index in [9.17, 15) is 18.4 Å². The molecule has 0 aromatic heterocycles. The topological polar surface area (TPSA) is 84.2 Å². The van der Waals surface area contributed by atoms with Crippen LogP contribution < -0.4 is 16.4 Å². The van der Waals surface area contributed by atoms with Gasteiger partial charge in [-0.1, -0.05) is 62.3 Å². The first-order valence-electron chi connectivity index (χ1n) is 10.3. The van der Waals surface area contributed by atoms with E-state index < -0.39 is 38.9 Å². The molecule has 0 heterocycles. The Morgan fingerprint density at radius 2 is 1.83 bits per heavy atom. The van der Waals surface area contributed by atoms with Gasteiger partial charge >= 0.3 is 0 Å². The van der Waals surface area contributed by atoms with Gasteiger partial charge in [-0.05, 0) is 54.1 Å². The van der Waals surface area contributed by atoms with E-state index in [1.54, 1.807) is 24.3 Å². The maximum Gasteiger partial charge on any atom is 0.257 e. The average Bonchev–Trinajstić information content (AvgIpc) is 3.32. The number of aldehydes is 1. The van der Waals surface area contributed by atoms with E-state index in [2.05, 4.69) is 26.6 Å². The highest BCUT2D eigenvalue weighted by molar-refractivity contribution is 9.10. The van der Waals surface area contributed by atoms with Gasteiger partial charge < -0.3 is 21.2 Å². The first-order chi connectivity index (χ1) is 16.9. The molecule has 1 amide bonds. The van der Waals surface area contributed by atoms with Crippen molar-refractivity contribution in [3.8, 4) is 0 Å². The summed E-state index contributed by atoms with van der Waals surface area (Å²) in [6.07, 6.45) is 0.699. The molecule has 0 spiro atoms. The Kier molecular flexibility index (Phi) is 7.48. The SMILES string of the molecule is Nc1c(F)ccc(NC(=O)c2cc(NCC3(C=O)C(c4cc(Cl)cc(Br)c4)C3(Cl)Cl)ccc2Cl)c1F. The van der Waals surface area contributed by atoms with Gasteiger partial charge in [0.1, 0.15) is 22.1 Å². The fourth-order valence-corrected chi connectivity index (χ4v) is 6.11. The predicted octanol–water partition coefficient (Wildman–Crippen LogP) is 7.44. The molecule has 3 aromatic rings. The number of nitrogens with two attached hydrogens (primary N) is 1. The van der Waals surface area contributed by atoms with Gasteiger partial charge in [0.2, 0.25) is 0 Å². The van der Waals surface area contributed by atoms with Crippen LogP contribution in [-0.2, 0) is 4.79 Å². The Hall–Kier alpha value is -2.10. The number of nitrogens with one attached hydrogen (secondary N) is 2. The molecule has 36 heavy (non-hydrogen) atoms. The molecule has 4 rings (SSSR count). The molecule has 1 aliphatic carbocycles. The monoisotopic (exact) mass is 635 g/mol. The van der Waals surface area contributed by atoms with Crippen LogP contribution in [0.1, 0.15) is 21.8 Å². The van der Waals surface area contributed by atoms with Gasteiger partial charge in [-0.15, -0.1) is 0 Å². The smallest absolute Gasteiger partial charge is 0.257 e. The Balaban J connectivity index is 1.55. The number of hydrogen-bond acceptors (Lipinski definition) is 4. The normalized spacial score (nSPS) is 20.0. The van der Waals surface area contributed by atoms with Crippen molar-refractivity contribution in [1.82, 2.24) is 0 Å². The number of rotatable bonds is 7. The Morgan fingerprint density at radius 1 is 1.11 bits per heavy atom. The molecule has 0 bridgehead atoms. The summed E-state index contributed by atoms with van der Waals surface area (Å²) in [6.45, 7) is 0.0319. The van der Waals surface area contributed by atoms with Crippen LogP contribution in [0.2, 0.25) is 10.0 Å². The maximum atomic E-state index is 14.2. The lowest BCUT2D eigenvalue weighted by Gasteiger charge is -2.15. The van der Waals surface area contributed by atoms with E-state index in [1.165, 1.54) is 12.1 Å². The first kappa shape index (κ1) is 26.9. The van der Waals surface area contributed by atoms with Crippen molar-refractivity contribution in [2.24, 2.45) is 5.41 Å². The fraction of sp³-hybridized carbons (Fsp3) is 0.167. The number of nitrogen functional groups attached to an aromatic ring is 1. The number of hydrogen-bond donors (Lipinski definition) is 3. The second-order valence-corrected chi connectivity index (χ2v) is 11.4. The number of halogens is 7. The summed E-state index contributed by atoms with van der Waals surface area (Å²) in [4.78, 5) is 25.0. The minimum atomic E-state index is -1.40. The zero-order chi connectivity index (χ0) is 26.4. The van der Waals surface area contributed by atoms with Crippen LogP contribution in [0.15, 0.2) is 53.0 Å². The molecular formula is C24H16BrCl4F2N3O2. The summed E-state index contributed by atoms with van der Waals surface area (Å²) in [6, 6.07) is 11.6. The van der Waals surface area contributed by atoms with Gasteiger partial charge in [0.05, 0.1) is 21.7 Å². The minimum absolute atomic E-state index is 0.00162. The number of alkyl halides is 2. The third-order valence-corrected chi connectivity index (χ3v) is 8.16. The van der Waals surface area contributed by atoms with Crippen LogP contribution in [-0.4, -0.2) is 23.1 Å². The predicted molar refractivity (Wildman–Crippen MR) is 143 cm³/mol. The quantitative estimate of drug-likeness (QED) is 0.143. The standard InChI is InChI=1S/C24H16BrCl4F2N3O2/c25-12-5-11(6-13(26)7-12)21-23(10-35,24(21,28)29)9-33-14-1-2-16(27)15(8-14)22(36)34-18-4-3-17(30)20(32)19(18)31/h1-8,10,21,33H,9,32H2,(H,34,36). The van der Waals surface area contributed by atoms with Gasteiger partial charge in [0.15, 0.2) is 5.82 Å². The van der Waals surface area contributed by atoms with Crippen LogP contribution in [0.3, 0.4) is 0 Å². The number of amides is 1. The number of carbonyl (C=O) groups excluding carboxylic acids is 2. The van der Waals surface area contributed by atoms with Crippen LogP contribution in [0.25, 0.3) is 0 Å². The van der Waals surface area contributed by atoms with Crippen molar-refractivity contribution >= 4 is 91.6 Å². The van der Waals surface area contributed by atoms with Crippen molar-refractivity contribution in [3.63, 3.8) is 0 Å². The highest BCUT2D eigenvalue weighted by Gasteiger charge is 2.76. The molecule has 5 nitrogen and oxygen atoms in total. The maximum absolute atomic E-state index is 14.2. The molecule has 4 N–H and O–H groups in total. The number of carbonyl (C=O) groups is 2. The summed E-state index contributed by atoms with van der Waals surface area (Å²) in [5.41, 5.74) is 4.24. The van der Waals surface area contributed by atoms with Crippen LogP contribution in [0.4, 0.5) is 25.8 Å². The third kappa shape index (κ3) is 4.77. The summed E-state index contributed by atoms with van der Waals surface area (Å²) in [5.74, 6) is -3.35. The molecule has 0 radical (unpaired) electrons. The van der Waals surface area contributed by atoms with Crippen LogP contribution in [0.5, 0.6) is 0 Å². The third-order valence-electron chi connectivity index (χ3n) is 6.01. The van der Waals surface area contributed by atoms with Gasteiger partial charge in [0.25, 0.3) is 5.91 Å². The molecule has 188 valence electrons. The highest BCUT2D eigenvalue weighted by Crippen LogP contribution is 2.73. The zero-order valence-electron chi connectivity index (χ0n) is 18.0. The van der Waals surface area contributed by atoms with Gasteiger partial charge in [-0.25, -0.2) is 8.78 Å². The summed E-state index contributed by atoms with van der Waals surface area (Å²) >= 11 is 28.8. The van der Waals surface area contributed by atoms with E-state index >= 15 is 0 Å². The van der Waals surface area contributed by atoms with Gasteiger partial charge in [-0.2, -0.15) is 0 Å². The molecule has 2 unspecified atom stereocenters. The van der Waals surface area contributed by atoms with Gasteiger partial charge in [-0.3, -0.25) is 4.79 Å². The molecule has 1 aliphatic rings. The van der Waals surface area contributed by atoms with Crippen molar-refractivity contribution in [2.75, 3.05) is 22.9 Å². The van der Waals surface area contributed by atoms with Crippen molar-refractivity contribution < 1.29 is 18.4 Å². The molecule has 2 atom stereocenters. The lowest BCUT2D eigenvalue weighted by atomic mass is 10.00. The second kappa shape index (κ2) is 9.99. The largest absolute Gasteiger partial charge is 0.394 e. The lowest BCUT2D eigenvalue weighted by molar-refractivity contribution is -0.112. The highest BCUT2D eigenvalue weighted by atomic mass is 79.9. The van der Waals surface area contributed by atoms with E-state index in [0.717, 1.165) is 12.1 Å². The summed E-state index contributed by atoms with van der Waals surface area (Å²) in [7, 11) is 0. The zero-order valence-corrected chi connectivity index (χ0v) is 22.6. The van der Waals surface area contributed by atoms with Crippen LogP contribution >= 0.6 is 62.3 Å². The van der Waals surface area contributed by atoms with Gasteiger partial charge in [0, 0.05) is 27.6 Å². The van der Waals surface area contributed by atoms with E-state index in [-0.39, 0.29) is 22.8 Å². The molecule has 1 saturated carbocycles. The summed E-state index contributed by atoms with van der Waals surface area (Å²) < 4.78 is 26.9. The van der Waals surface area contributed by atoms with E-state index in [0.29, 0.717) is 27.0 Å². The van der Waals surface area contributed by atoms with Crippen molar-refractivity contribution in [2.45, 2.75) is 10.3 Å². The van der Waals surface area contributed by atoms with Crippen LogP contribution in [0, 0.1) is 17.0 Å². The molecule has 0 saturated heterocycles. The van der Waals surface area contributed by atoms with E-state index in [4.69, 9.17) is 52.1 Å². The second-order valence-electron chi connectivity index (χ2n) is 8.24. The first-order valence-corrected chi connectivity index (χ1v) is 12.6. The summed E-state index contributed by atoms with van der Waals surface area (Å²) in [5, 5.41) is 5.93. The van der Waals surface area contributed by atoms with Crippen molar-refractivity contribution in [3.05, 3.63) is 85.8 Å². The Morgan fingerprint density at radius 3 is 2.50 bits per heavy atom. The molecule has 3 aromatic carbocycles. The average molecular weight is 638 g/mol. The molecule has 1 fully saturated rings. The Labute approximate surface area is 233 Å². The molecule has 0 aliphatic heterocycles. The molecular weight excluding hydrogens is 622 g/mol. The Bertz CT molecular complexity index is 1370. The number of anilines is 3. The fourth-order valence-electron chi connectivity index (χ4n) is 4.05. The van der Waals surface area contributed by atoms with Crippen molar-refractivity contribution in [1.29, 1.82) is 0 Å². The molecule has 12 heteroatoms.